The van der Waals surface area contributed by atoms with Crippen molar-refractivity contribution in [3.63, 3.8) is 0 Å². The number of rotatable bonds is 22. The second-order valence-electron chi connectivity index (χ2n) is 8.89. The molecule has 3 N–H and O–H groups in total. The van der Waals surface area contributed by atoms with Gasteiger partial charge in [0.15, 0.2) is 0 Å². The second-order valence-corrected chi connectivity index (χ2v) is 8.89. The number of unbranched alkanes of at least 4 members (excludes halogenated alkanes) is 11. The predicted octanol–water partition coefficient (Wildman–Crippen LogP) is 4.38. The van der Waals surface area contributed by atoms with Crippen LogP contribution in [-0.4, -0.2) is 59.9 Å². The number of esters is 1. The molecule has 0 heterocycles. The first kappa shape index (κ1) is 29.3. The monoisotopic (exact) mass is 432 g/mol. The molecule has 0 rings (SSSR count). The lowest BCUT2D eigenvalue weighted by Gasteiger charge is -2.13. The van der Waals surface area contributed by atoms with Crippen LogP contribution in [0.1, 0.15) is 104 Å². The van der Waals surface area contributed by atoms with Crippen molar-refractivity contribution in [2.75, 3.05) is 26.4 Å². The highest BCUT2D eigenvalue weighted by atomic mass is 16.5. The zero-order chi connectivity index (χ0) is 22.5. The normalized spacial score (nSPS) is 13.5. The Kier molecular flexibility index (Phi) is 21.0. The number of carbonyl (C=O) groups is 1. The Morgan fingerprint density at radius 1 is 0.700 bits per heavy atom. The van der Waals surface area contributed by atoms with Crippen LogP contribution in [0, 0.1) is 5.92 Å². The van der Waals surface area contributed by atoms with Crippen LogP contribution in [0.25, 0.3) is 0 Å². The zero-order valence-corrected chi connectivity index (χ0v) is 19.5. The average Bonchev–Trinajstić information content (AvgIpc) is 2.72. The molecular formula is C24H48O6. The molecule has 0 saturated heterocycles. The smallest absolute Gasteiger partial charge is 0.305 e. The van der Waals surface area contributed by atoms with E-state index in [4.69, 9.17) is 19.7 Å². The maximum absolute atomic E-state index is 11.7. The number of hydrogen-bond donors (Lipinski definition) is 3. The Balaban J connectivity index is 3.29. The van der Waals surface area contributed by atoms with Gasteiger partial charge >= 0.3 is 5.97 Å². The van der Waals surface area contributed by atoms with Crippen LogP contribution >= 0.6 is 0 Å². The van der Waals surface area contributed by atoms with Gasteiger partial charge in [-0.05, 0) is 12.3 Å². The van der Waals surface area contributed by atoms with Crippen molar-refractivity contribution in [1.29, 1.82) is 0 Å². The van der Waals surface area contributed by atoms with Gasteiger partial charge in [-0.15, -0.1) is 0 Å². The SMILES string of the molecule is CC(C)CCCCCCCCCCCCCCC(=O)OCC(O)COCC(O)CO. The summed E-state index contributed by atoms with van der Waals surface area (Å²) in [4.78, 5) is 11.7. The Bertz CT molecular complexity index is 375. The van der Waals surface area contributed by atoms with Crippen molar-refractivity contribution in [2.24, 2.45) is 5.92 Å². The van der Waals surface area contributed by atoms with Crippen LogP contribution in [0.4, 0.5) is 0 Å². The summed E-state index contributed by atoms with van der Waals surface area (Å²) in [6.45, 7) is 4.01. The summed E-state index contributed by atoms with van der Waals surface area (Å²) >= 11 is 0. The highest BCUT2D eigenvalue weighted by Crippen LogP contribution is 2.14. The number of aliphatic hydroxyl groups excluding tert-OH is 3. The molecule has 180 valence electrons. The Morgan fingerprint density at radius 3 is 1.67 bits per heavy atom. The predicted molar refractivity (Wildman–Crippen MR) is 120 cm³/mol. The van der Waals surface area contributed by atoms with Gasteiger partial charge in [0, 0.05) is 6.42 Å². The maximum atomic E-state index is 11.7. The third-order valence-corrected chi connectivity index (χ3v) is 5.18. The van der Waals surface area contributed by atoms with Gasteiger partial charge in [0.05, 0.1) is 19.8 Å². The molecule has 0 aliphatic heterocycles. The molecule has 0 aliphatic carbocycles. The topological polar surface area (TPSA) is 96.2 Å². The molecule has 0 bridgehead atoms. The van der Waals surface area contributed by atoms with Crippen molar-refractivity contribution in [2.45, 2.75) is 116 Å². The molecule has 0 aliphatic rings. The van der Waals surface area contributed by atoms with Crippen molar-refractivity contribution < 1.29 is 29.6 Å². The minimum absolute atomic E-state index is 0.0392. The number of aliphatic hydroxyl groups is 3. The number of carbonyl (C=O) groups excluding carboxylic acids is 1. The van der Waals surface area contributed by atoms with Crippen LogP contribution in [0.3, 0.4) is 0 Å². The summed E-state index contributed by atoms with van der Waals surface area (Å²) in [6, 6.07) is 0. The van der Waals surface area contributed by atoms with Crippen molar-refractivity contribution in [3.05, 3.63) is 0 Å². The summed E-state index contributed by atoms with van der Waals surface area (Å²) in [5.41, 5.74) is 0. The molecule has 0 aromatic carbocycles. The quantitative estimate of drug-likeness (QED) is 0.174. The number of ether oxygens (including phenoxy) is 2. The molecule has 0 amide bonds. The molecule has 2 atom stereocenters. The highest BCUT2D eigenvalue weighted by Gasteiger charge is 2.10. The zero-order valence-electron chi connectivity index (χ0n) is 19.5. The highest BCUT2D eigenvalue weighted by molar-refractivity contribution is 5.69. The van der Waals surface area contributed by atoms with E-state index in [1.54, 1.807) is 0 Å². The first-order valence-electron chi connectivity index (χ1n) is 12.2. The third-order valence-electron chi connectivity index (χ3n) is 5.18. The molecule has 0 aromatic rings. The standard InChI is InChI=1S/C24H48O6/c1-21(2)15-13-11-9-7-5-3-4-6-8-10-12-14-16-24(28)30-20-23(27)19-29-18-22(26)17-25/h21-23,25-27H,3-20H2,1-2H3. The summed E-state index contributed by atoms with van der Waals surface area (Å²) in [5, 5.41) is 27.4. The van der Waals surface area contributed by atoms with E-state index in [-0.39, 0.29) is 32.4 Å². The van der Waals surface area contributed by atoms with Crippen LogP contribution in [-0.2, 0) is 14.3 Å². The van der Waals surface area contributed by atoms with E-state index in [1.165, 1.54) is 64.2 Å². The lowest BCUT2D eigenvalue weighted by molar-refractivity contribution is -0.148. The van der Waals surface area contributed by atoms with Gasteiger partial charge in [0.25, 0.3) is 0 Å². The molecule has 0 spiro atoms. The van der Waals surface area contributed by atoms with Gasteiger partial charge in [0.2, 0.25) is 0 Å². The van der Waals surface area contributed by atoms with E-state index in [2.05, 4.69) is 13.8 Å². The molecule has 30 heavy (non-hydrogen) atoms. The van der Waals surface area contributed by atoms with Crippen molar-refractivity contribution in [3.8, 4) is 0 Å². The van der Waals surface area contributed by atoms with E-state index in [9.17, 15) is 9.90 Å². The fourth-order valence-electron chi connectivity index (χ4n) is 3.29. The van der Waals surface area contributed by atoms with Gasteiger partial charge in [0.1, 0.15) is 18.8 Å². The van der Waals surface area contributed by atoms with Crippen molar-refractivity contribution >= 4 is 5.97 Å². The molecular weight excluding hydrogens is 384 g/mol. The average molecular weight is 433 g/mol. The van der Waals surface area contributed by atoms with Crippen LogP contribution in [0.5, 0.6) is 0 Å². The second kappa shape index (κ2) is 21.5. The van der Waals surface area contributed by atoms with Gasteiger partial charge in [-0.1, -0.05) is 90.9 Å². The molecule has 0 saturated carbocycles. The molecule has 6 nitrogen and oxygen atoms in total. The largest absolute Gasteiger partial charge is 0.463 e. The van der Waals surface area contributed by atoms with E-state index in [0.29, 0.717) is 6.42 Å². The van der Waals surface area contributed by atoms with Gasteiger partial charge in [-0.3, -0.25) is 4.79 Å². The molecule has 0 aromatic heterocycles. The lowest BCUT2D eigenvalue weighted by Crippen LogP contribution is -2.27. The van der Waals surface area contributed by atoms with Crippen LogP contribution < -0.4 is 0 Å². The lowest BCUT2D eigenvalue weighted by atomic mass is 10.0. The summed E-state index contributed by atoms with van der Waals surface area (Å²) in [5.74, 6) is 0.547. The summed E-state index contributed by atoms with van der Waals surface area (Å²) in [7, 11) is 0. The Hall–Kier alpha value is -0.690. The van der Waals surface area contributed by atoms with Gasteiger partial charge in [-0.25, -0.2) is 0 Å². The minimum Gasteiger partial charge on any atom is -0.463 e. The number of hydrogen-bond acceptors (Lipinski definition) is 6. The fraction of sp³-hybridized carbons (Fsp3) is 0.958. The van der Waals surface area contributed by atoms with E-state index >= 15 is 0 Å². The summed E-state index contributed by atoms with van der Waals surface area (Å²) < 4.78 is 10.0. The molecule has 2 unspecified atom stereocenters. The molecule has 0 radical (unpaired) electrons. The van der Waals surface area contributed by atoms with E-state index < -0.39 is 12.2 Å². The van der Waals surface area contributed by atoms with E-state index in [1.807, 2.05) is 0 Å². The Morgan fingerprint density at radius 2 is 1.17 bits per heavy atom. The Labute approximate surface area is 184 Å². The summed E-state index contributed by atoms with van der Waals surface area (Å²) in [6.07, 6.45) is 15.0. The first-order valence-corrected chi connectivity index (χ1v) is 12.2. The molecule has 0 fully saturated rings. The minimum atomic E-state index is -0.954. The van der Waals surface area contributed by atoms with Crippen LogP contribution in [0.2, 0.25) is 0 Å². The molecule has 6 heteroatoms. The van der Waals surface area contributed by atoms with Crippen molar-refractivity contribution in [1.82, 2.24) is 0 Å². The van der Waals surface area contributed by atoms with Crippen LogP contribution in [0.15, 0.2) is 0 Å². The van der Waals surface area contributed by atoms with Gasteiger partial charge < -0.3 is 24.8 Å². The maximum Gasteiger partial charge on any atom is 0.305 e. The fourth-order valence-corrected chi connectivity index (χ4v) is 3.29. The third kappa shape index (κ3) is 22.0. The van der Waals surface area contributed by atoms with Gasteiger partial charge in [-0.2, -0.15) is 0 Å². The van der Waals surface area contributed by atoms with E-state index in [0.717, 1.165) is 25.2 Å². The first-order chi connectivity index (χ1) is 14.5.